The molecule has 0 atom stereocenters. The van der Waals surface area contributed by atoms with E-state index in [0.29, 0.717) is 31.0 Å². The quantitative estimate of drug-likeness (QED) is 0.761. The second kappa shape index (κ2) is 8.46. The van der Waals surface area contributed by atoms with Gasteiger partial charge in [0.05, 0.1) is 12.0 Å². The molecule has 2 amide bonds. The largest absolute Gasteiger partial charge is 0.417 e. The molecule has 0 unspecified atom stereocenters. The maximum Gasteiger partial charge on any atom is 0.417 e. The molecule has 1 aliphatic heterocycles. The molecule has 3 rings (SSSR count). The van der Waals surface area contributed by atoms with Crippen molar-refractivity contribution in [2.45, 2.75) is 19.1 Å². The number of piperazine rings is 1. The first-order valence-corrected chi connectivity index (χ1v) is 8.97. The van der Waals surface area contributed by atoms with Gasteiger partial charge in [0.1, 0.15) is 6.54 Å². The normalized spacial score (nSPS) is 14.7. The Morgan fingerprint density at radius 2 is 1.62 bits per heavy atom. The number of aromatic nitrogens is 2. The number of pyridine rings is 2. The van der Waals surface area contributed by atoms with E-state index in [2.05, 4.69) is 4.98 Å². The number of halogens is 3. The number of amides is 2. The third kappa shape index (κ3) is 5.21. The molecule has 0 bridgehead atoms. The number of alkyl halides is 3. The molecule has 0 radical (unpaired) electrons. The number of rotatable bonds is 4. The van der Waals surface area contributed by atoms with Crippen molar-refractivity contribution in [1.29, 1.82) is 0 Å². The standard InChI is InChI=1S/C19H19F3N4O3/c20-19(21,22)14-4-5-16(27)26(12-14)13-18(29)25-9-7-24(8-10-25)17(28)11-15-3-1-2-6-23-15/h1-6,12H,7-11,13H2. The number of hydrogen-bond donors (Lipinski definition) is 0. The molecular formula is C19H19F3N4O3. The van der Waals surface area contributed by atoms with Gasteiger partial charge in [-0.2, -0.15) is 13.2 Å². The molecule has 0 saturated carbocycles. The Bertz CT molecular complexity index is 936. The lowest BCUT2D eigenvalue weighted by Gasteiger charge is -2.35. The van der Waals surface area contributed by atoms with E-state index in [1.807, 2.05) is 0 Å². The molecule has 0 spiro atoms. The van der Waals surface area contributed by atoms with Gasteiger partial charge in [0.2, 0.25) is 11.8 Å². The van der Waals surface area contributed by atoms with Crippen LogP contribution >= 0.6 is 0 Å². The van der Waals surface area contributed by atoms with Crippen molar-refractivity contribution in [3.8, 4) is 0 Å². The molecule has 10 heteroatoms. The molecule has 154 valence electrons. The highest BCUT2D eigenvalue weighted by molar-refractivity contribution is 5.79. The summed E-state index contributed by atoms with van der Waals surface area (Å²) >= 11 is 0. The first kappa shape index (κ1) is 20.6. The molecule has 0 aromatic carbocycles. The highest BCUT2D eigenvalue weighted by Crippen LogP contribution is 2.28. The highest BCUT2D eigenvalue weighted by Gasteiger charge is 2.31. The van der Waals surface area contributed by atoms with Gasteiger partial charge < -0.3 is 14.4 Å². The Morgan fingerprint density at radius 3 is 2.21 bits per heavy atom. The van der Waals surface area contributed by atoms with Gasteiger partial charge in [-0.1, -0.05) is 6.07 Å². The van der Waals surface area contributed by atoms with Crippen LogP contribution in [-0.4, -0.2) is 57.3 Å². The van der Waals surface area contributed by atoms with Crippen molar-refractivity contribution in [2.75, 3.05) is 26.2 Å². The van der Waals surface area contributed by atoms with Crippen molar-refractivity contribution in [1.82, 2.24) is 19.4 Å². The highest BCUT2D eigenvalue weighted by atomic mass is 19.4. The lowest BCUT2D eigenvalue weighted by Crippen LogP contribution is -2.52. The lowest BCUT2D eigenvalue weighted by molar-refractivity contribution is -0.140. The van der Waals surface area contributed by atoms with Gasteiger partial charge >= 0.3 is 6.18 Å². The van der Waals surface area contributed by atoms with Crippen LogP contribution in [0.25, 0.3) is 0 Å². The number of carbonyl (C=O) groups excluding carboxylic acids is 2. The predicted octanol–water partition coefficient (Wildman–Crippen LogP) is 1.18. The first-order chi connectivity index (χ1) is 13.7. The molecule has 7 nitrogen and oxygen atoms in total. The second-order valence-electron chi connectivity index (χ2n) is 6.64. The molecular weight excluding hydrogens is 389 g/mol. The Hall–Kier alpha value is -3.17. The van der Waals surface area contributed by atoms with Crippen LogP contribution in [-0.2, 0) is 28.7 Å². The number of nitrogens with zero attached hydrogens (tertiary/aromatic N) is 4. The fraction of sp³-hybridized carbons (Fsp3) is 0.368. The minimum absolute atomic E-state index is 0.107. The zero-order chi connectivity index (χ0) is 21.0. The van der Waals surface area contributed by atoms with E-state index in [0.717, 1.165) is 10.6 Å². The molecule has 29 heavy (non-hydrogen) atoms. The SMILES string of the molecule is O=C(Cc1ccccn1)N1CCN(C(=O)Cn2cc(C(F)(F)F)ccc2=O)CC1. The van der Waals surface area contributed by atoms with Crippen LogP contribution in [0.4, 0.5) is 13.2 Å². The van der Waals surface area contributed by atoms with Gasteiger partial charge in [-0.05, 0) is 18.2 Å². The molecule has 1 aliphatic rings. The van der Waals surface area contributed by atoms with E-state index in [-0.39, 0.29) is 25.4 Å². The average molecular weight is 408 g/mol. The molecule has 3 heterocycles. The van der Waals surface area contributed by atoms with Gasteiger partial charge in [-0.15, -0.1) is 0 Å². The van der Waals surface area contributed by atoms with Crippen LogP contribution in [0, 0.1) is 0 Å². The molecule has 2 aromatic heterocycles. The van der Waals surface area contributed by atoms with E-state index in [9.17, 15) is 27.6 Å². The smallest absolute Gasteiger partial charge is 0.339 e. The van der Waals surface area contributed by atoms with Crippen LogP contribution in [0.5, 0.6) is 0 Å². The monoisotopic (exact) mass is 408 g/mol. The van der Waals surface area contributed by atoms with Gasteiger partial charge in [0.15, 0.2) is 0 Å². The summed E-state index contributed by atoms with van der Waals surface area (Å²) < 4.78 is 39.2. The third-order valence-electron chi connectivity index (χ3n) is 4.66. The van der Waals surface area contributed by atoms with Crippen LogP contribution in [0.3, 0.4) is 0 Å². The van der Waals surface area contributed by atoms with Crippen LogP contribution < -0.4 is 5.56 Å². The zero-order valence-corrected chi connectivity index (χ0v) is 15.4. The second-order valence-corrected chi connectivity index (χ2v) is 6.64. The van der Waals surface area contributed by atoms with Gasteiger partial charge in [0.25, 0.3) is 5.56 Å². The summed E-state index contributed by atoms with van der Waals surface area (Å²) in [5.41, 5.74) is -1.02. The Balaban J connectivity index is 1.57. The summed E-state index contributed by atoms with van der Waals surface area (Å²) in [6.07, 6.45) is -2.19. The van der Waals surface area contributed by atoms with E-state index in [4.69, 9.17) is 0 Å². The Labute approximate surface area is 164 Å². The lowest BCUT2D eigenvalue weighted by atomic mass is 10.2. The van der Waals surface area contributed by atoms with Crippen molar-refractivity contribution in [2.24, 2.45) is 0 Å². The molecule has 1 fully saturated rings. The van der Waals surface area contributed by atoms with Crippen molar-refractivity contribution in [3.63, 3.8) is 0 Å². The van der Waals surface area contributed by atoms with E-state index in [1.165, 1.54) is 4.90 Å². The molecule has 0 N–H and O–H groups in total. The van der Waals surface area contributed by atoms with Crippen molar-refractivity contribution >= 4 is 11.8 Å². The van der Waals surface area contributed by atoms with Gasteiger partial charge in [-0.3, -0.25) is 19.4 Å². The van der Waals surface area contributed by atoms with Crippen LogP contribution in [0.2, 0.25) is 0 Å². The summed E-state index contributed by atoms with van der Waals surface area (Å²) in [7, 11) is 0. The molecule has 0 aliphatic carbocycles. The summed E-state index contributed by atoms with van der Waals surface area (Å²) in [6.45, 7) is 0.648. The van der Waals surface area contributed by atoms with Gasteiger partial charge in [-0.25, -0.2) is 0 Å². The van der Waals surface area contributed by atoms with Crippen molar-refractivity contribution < 1.29 is 22.8 Å². The summed E-state index contributed by atoms with van der Waals surface area (Å²) in [5.74, 6) is -0.576. The topological polar surface area (TPSA) is 75.5 Å². The number of carbonyl (C=O) groups is 2. The van der Waals surface area contributed by atoms with Crippen molar-refractivity contribution in [3.05, 3.63) is 64.3 Å². The molecule has 1 saturated heterocycles. The summed E-state index contributed by atoms with van der Waals surface area (Å²) in [5, 5.41) is 0. The fourth-order valence-electron chi connectivity index (χ4n) is 3.04. The van der Waals surface area contributed by atoms with Crippen LogP contribution in [0.15, 0.2) is 47.5 Å². The van der Waals surface area contributed by atoms with E-state index >= 15 is 0 Å². The maximum absolute atomic E-state index is 12.8. The zero-order valence-electron chi connectivity index (χ0n) is 15.4. The Morgan fingerprint density at radius 1 is 0.966 bits per heavy atom. The van der Waals surface area contributed by atoms with Crippen LogP contribution in [0.1, 0.15) is 11.3 Å². The predicted molar refractivity (Wildman–Crippen MR) is 96.8 cm³/mol. The maximum atomic E-state index is 12.8. The number of hydrogen-bond acceptors (Lipinski definition) is 4. The van der Waals surface area contributed by atoms with E-state index in [1.54, 1.807) is 29.3 Å². The first-order valence-electron chi connectivity index (χ1n) is 8.97. The average Bonchev–Trinajstić information content (AvgIpc) is 2.69. The Kier molecular flexibility index (Phi) is 6.00. The summed E-state index contributed by atoms with van der Waals surface area (Å²) in [6, 6.07) is 6.79. The van der Waals surface area contributed by atoms with E-state index < -0.39 is 29.8 Å². The minimum atomic E-state index is -4.60. The molecule has 2 aromatic rings. The minimum Gasteiger partial charge on any atom is -0.339 e. The third-order valence-corrected chi connectivity index (χ3v) is 4.66. The fourth-order valence-corrected chi connectivity index (χ4v) is 3.04. The van der Waals surface area contributed by atoms with Gasteiger partial charge in [0, 0.05) is 50.3 Å². The summed E-state index contributed by atoms with van der Waals surface area (Å²) in [4.78, 5) is 43.7.